The Balaban J connectivity index is 2.59. The van der Waals surface area contributed by atoms with Gasteiger partial charge in [0.1, 0.15) is 6.04 Å². The van der Waals surface area contributed by atoms with E-state index in [0.29, 0.717) is 5.69 Å². The normalized spacial score (nSPS) is 11.4. The lowest BCUT2D eigenvalue weighted by atomic mass is 10.2. The molecule has 5 N–H and O–H groups in total. The van der Waals surface area contributed by atoms with E-state index >= 15 is 0 Å². The second kappa shape index (κ2) is 6.74. The van der Waals surface area contributed by atoms with Gasteiger partial charge in [0.25, 0.3) is 0 Å². The molecule has 19 heavy (non-hydrogen) atoms. The molecule has 1 aromatic carbocycles. The molecule has 0 aliphatic carbocycles. The van der Waals surface area contributed by atoms with Crippen LogP contribution in [-0.4, -0.2) is 29.1 Å². The van der Waals surface area contributed by atoms with Gasteiger partial charge in [0.15, 0.2) is 0 Å². The SMILES string of the molecule is NC(=O)C[C@@H](NC(=O)Nc1ccc(Br)cc1)C(=O)O. The number of benzene rings is 1. The summed E-state index contributed by atoms with van der Waals surface area (Å²) >= 11 is 3.24. The minimum atomic E-state index is -1.35. The first kappa shape index (κ1) is 15.0. The van der Waals surface area contributed by atoms with Gasteiger partial charge < -0.3 is 21.5 Å². The van der Waals surface area contributed by atoms with Crippen LogP contribution in [0.4, 0.5) is 10.5 Å². The molecule has 0 spiro atoms. The number of anilines is 1. The Morgan fingerprint density at radius 3 is 2.32 bits per heavy atom. The molecule has 0 aliphatic rings. The largest absolute Gasteiger partial charge is 0.480 e. The molecule has 1 atom stereocenters. The lowest BCUT2D eigenvalue weighted by Crippen LogP contribution is -2.45. The number of nitrogens with two attached hydrogens (primary N) is 1. The van der Waals surface area contributed by atoms with Crippen LogP contribution in [0.25, 0.3) is 0 Å². The molecule has 0 radical (unpaired) electrons. The summed E-state index contributed by atoms with van der Waals surface area (Å²) in [5, 5.41) is 13.4. The zero-order valence-electron chi connectivity index (χ0n) is 9.72. The van der Waals surface area contributed by atoms with Gasteiger partial charge in [-0.2, -0.15) is 0 Å². The summed E-state index contributed by atoms with van der Waals surface area (Å²) in [6.45, 7) is 0. The summed E-state index contributed by atoms with van der Waals surface area (Å²) in [5.41, 5.74) is 5.39. The zero-order chi connectivity index (χ0) is 14.4. The van der Waals surface area contributed by atoms with Crippen molar-refractivity contribution in [2.45, 2.75) is 12.5 Å². The quantitative estimate of drug-likeness (QED) is 0.641. The number of halogens is 1. The van der Waals surface area contributed by atoms with Crippen LogP contribution in [0.15, 0.2) is 28.7 Å². The number of rotatable bonds is 5. The van der Waals surface area contributed by atoms with Crippen LogP contribution in [-0.2, 0) is 9.59 Å². The van der Waals surface area contributed by atoms with Gasteiger partial charge in [0.2, 0.25) is 5.91 Å². The summed E-state index contributed by atoms with van der Waals surface area (Å²) in [7, 11) is 0. The van der Waals surface area contributed by atoms with Crippen molar-refractivity contribution < 1.29 is 19.5 Å². The predicted molar refractivity (Wildman–Crippen MR) is 71.5 cm³/mol. The van der Waals surface area contributed by atoms with Crippen molar-refractivity contribution in [3.05, 3.63) is 28.7 Å². The Morgan fingerprint density at radius 2 is 1.84 bits per heavy atom. The van der Waals surface area contributed by atoms with Gasteiger partial charge >= 0.3 is 12.0 Å². The maximum absolute atomic E-state index is 11.5. The van der Waals surface area contributed by atoms with Crippen LogP contribution >= 0.6 is 15.9 Å². The van der Waals surface area contributed by atoms with E-state index in [0.717, 1.165) is 4.47 Å². The number of carbonyl (C=O) groups excluding carboxylic acids is 2. The third-order valence-corrected chi connectivity index (χ3v) is 2.64. The number of aliphatic carboxylic acids is 1. The molecule has 1 rings (SSSR count). The van der Waals surface area contributed by atoms with E-state index in [2.05, 4.69) is 26.6 Å². The Hall–Kier alpha value is -2.09. The zero-order valence-corrected chi connectivity index (χ0v) is 11.3. The van der Waals surface area contributed by atoms with Gasteiger partial charge in [0, 0.05) is 10.2 Å². The first-order valence-electron chi connectivity index (χ1n) is 5.22. The highest BCUT2D eigenvalue weighted by molar-refractivity contribution is 9.10. The van der Waals surface area contributed by atoms with Crippen molar-refractivity contribution in [2.24, 2.45) is 5.73 Å². The van der Waals surface area contributed by atoms with E-state index in [9.17, 15) is 14.4 Å². The van der Waals surface area contributed by atoms with Crippen LogP contribution in [0.3, 0.4) is 0 Å². The monoisotopic (exact) mass is 329 g/mol. The molecule has 0 fully saturated rings. The molecule has 0 unspecified atom stereocenters. The summed E-state index contributed by atoms with van der Waals surface area (Å²) in [6.07, 6.45) is -0.469. The second-order valence-electron chi connectivity index (χ2n) is 3.67. The minimum Gasteiger partial charge on any atom is -0.480 e. The van der Waals surface area contributed by atoms with Crippen molar-refractivity contribution in [1.29, 1.82) is 0 Å². The molecule has 1 aromatic rings. The lowest BCUT2D eigenvalue weighted by molar-refractivity contribution is -0.140. The average molecular weight is 330 g/mol. The van der Waals surface area contributed by atoms with Gasteiger partial charge in [-0.05, 0) is 24.3 Å². The summed E-state index contributed by atoms with van der Waals surface area (Å²) in [6, 6.07) is 4.62. The van der Waals surface area contributed by atoms with E-state index in [1.165, 1.54) is 0 Å². The smallest absolute Gasteiger partial charge is 0.326 e. The molecule has 0 bridgehead atoms. The number of carboxylic acid groups (broad SMARTS) is 1. The first-order chi connectivity index (χ1) is 8.88. The lowest BCUT2D eigenvalue weighted by Gasteiger charge is -2.13. The highest BCUT2D eigenvalue weighted by Gasteiger charge is 2.21. The number of carbonyl (C=O) groups is 3. The number of nitrogens with one attached hydrogen (secondary N) is 2. The fourth-order valence-electron chi connectivity index (χ4n) is 1.26. The molecule has 0 saturated heterocycles. The molecular formula is C11H12BrN3O4. The van der Waals surface area contributed by atoms with Crippen LogP contribution in [0.2, 0.25) is 0 Å². The number of amides is 3. The Bertz CT molecular complexity index is 489. The third kappa shape index (κ3) is 5.38. The van der Waals surface area contributed by atoms with E-state index in [1.807, 2.05) is 0 Å². The molecule has 3 amide bonds. The average Bonchev–Trinajstić information content (AvgIpc) is 2.30. The number of hydrogen-bond donors (Lipinski definition) is 4. The summed E-state index contributed by atoms with van der Waals surface area (Å²) in [4.78, 5) is 33.0. The summed E-state index contributed by atoms with van der Waals surface area (Å²) in [5.74, 6) is -2.14. The molecular weight excluding hydrogens is 318 g/mol. The van der Waals surface area contributed by atoms with E-state index in [4.69, 9.17) is 10.8 Å². The number of hydrogen-bond acceptors (Lipinski definition) is 3. The van der Waals surface area contributed by atoms with Gasteiger partial charge in [-0.3, -0.25) is 4.79 Å². The first-order valence-corrected chi connectivity index (χ1v) is 6.02. The molecule has 7 nitrogen and oxygen atoms in total. The fourth-order valence-corrected chi connectivity index (χ4v) is 1.52. The highest BCUT2D eigenvalue weighted by Crippen LogP contribution is 2.13. The number of urea groups is 1. The molecule has 0 heterocycles. The molecule has 0 aliphatic heterocycles. The molecule has 8 heteroatoms. The third-order valence-electron chi connectivity index (χ3n) is 2.11. The maximum atomic E-state index is 11.5. The van der Waals surface area contributed by atoms with Crippen LogP contribution in [0.5, 0.6) is 0 Å². The van der Waals surface area contributed by atoms with Gasteiger partial charge in [-0.25, -0.2) is 9.59 Å². The highest BCUT2D eigenvalue weighted by atomic mass is 79.9. The molecule has 0 saturated carbocycles. The maximum Gasteiger partial charge on any atom is 0.326 e. The van der Waals surface area contributed by atoms with Crippen LogP contribution < -0.4 is 16.4 Å². The Labute approximate surface area is 117 Å². The van der Waals surface area contributed by atoms with Crippen molar-refractivity contribution >= 4 is 39.5 Å². The molecule has 102 valence electrons. The van der Waals surface area contributed by atoms with Crippen molar-refractivity contribution in [3.63, 3.8) is 0 Å². The van der Waals surface area contributed by atoms with E-state index in [-0.39, 0.29) is 0 Å². The fraction of sp³-hybridized carbons (Fsp3) is 0.182. The standard InChI is InChI=1S/C11H12BrN3O4/c12-6-1-3-7(4-2-6)14-11(19)15-8(10(17)18)5-9(13)16/h1-4,8H,5H2,(H2,13,16)(H,17,18)(H2,14,15,19)/t8-/m1/s1. The number of primary amides is 1. The van der Waals surface area contributed by atoms with Gasteiger partial charge in [0.05, 0.1) is 6.42 Å². The second-order valence-corrected chi connectivity index (χ2v) is 4.58. The van der Waals surface area contributed by atoms with Crippen molar-refractivity contribution in [2.75, 3.05) is 5.32 Å². The van der Waals surface area contributed by atoms with Crippen LogP contribution in [0.1, 0.15) is 6.42 Å². The van der Waals surface area contributed by atoms with E-state index in [1.54, 1.807) is 24.3 Å². The predicted octanol–water partition coefficient (Wildman–Crippen LogP) is 0.899. The van der Waals surface area contributed by atoms with Crippen molar-refractivity contribution in [1.82, 2.24) is 5.32 Å². The topological polar surface area (TPSA) is 122 Å². The van der Waals surface area contributed by atoms with E-state index < -0.39 is 30.4 Å². The van der Waals surface area contributed by atoms with Crippen molar-refractivity contribution in [3.8, 4) is 0 Å². The number of carboxylic acids is 1. The van der Waals surface area contributed by atoms with Gasteiger partial charge in [-0.15, -0.1) is 0 Å². The summed E-state index contributed by atoms with van der Waals surface area (Å²) < 4.78 is 0.843. The Kier molecular flexibility index (Phi) is 5.31. The van der Waals surface area contributed by atoms with Gasteiger partial charge in [-0.1, -0.05) is 15.9 Å². The molecule has 0 aromatic heterocycles. The Morgan fingerprint density at radius 1 is 1.26 bits per heavy atom. The minimum absolute atomic E-state index is 0.469. The van der Waals surface area contributed by atoms with Crippen LogP contribution in [0, 0.1) is 0 Å².